The zero-order valence-corrected chi connectivity index (χ0v) is 8.86. The lowest BCUT2D eigenvalue weighted by atomic mass is 10.1. The number of nitrogens with one attached hydrogen (secondary N) is 2. The van der Waals surface area contributed by atoms with Crippen LogP contribution in [0.25, 0.3) is 0 Å². The quantitative estimate of drug-likeness (QED) is 0.729. The maximum absolute atomic E-state index is 11.2. The Morgan fingerprint density at radius 3 is 2.93 bits per heavy atom. The molecule has 5 nitrogen and oxygen atoms in total. The third kappa shape index (κ3) is 2.18. The molecule has 0 radical (unpaired) electrons. The minimum absolute atomic E-state index is 0.0895. The Bertz CT molecular complexity index is 372. The molecule has 0 saturated carbocycles. The van der Waals surface area contributed by atoms with Crippen molar-refractivity contribution in [1.29, 1.82) is 0 Å². The fourth-order valence-corrected chi connectivity index (χ4v) is 1.73. The van der Waals surface area contributed by atoms with Crippen molar-refractivity contribution in [2.24, 2.45) is 0 Å². The van der Waals surface area contributed by atoms with Gasteiger partial charge in [-0.05, 0) is 6.42 Å². The summed E-state index contributed by atoms with van der Waals surface area (Å²) in [5.74, 6) is 0.784. The van der Waals surface area contributed by atoms with Crippen molar-refractivity contribution in [2.45, 2.75) is 19.4 Å². The number of anilines is 1. The molecule has 0 unspecified atom stereocenters. The van der Waals surface area contributed by atoms with E-state index in [0.29, 0.717) is 6.04 Å². The molecule has 1 aliphatic rings. The predicted octanol–water partition coefficient (Wildman–Crippen LogP) is -0.0419. The normalized spacial score (nSPS) is 16.1. The Balaban J connectivity index is 2.19. The highest BCUT2D eigenvalue weighted by Gasteiger charge is 2.24. The summed E-state index contributed by atoms with van der Waals surface area (Å²) in [6.45, 7) is 5.04. The average molecular weight is 208 g/mol. The second-order valence-electron chi connectivity index (χ2n) is 3.77. The van der Waals surface area contributed by atoms with Crippen LogP contribution in [0.2, 0.25) is 0 Å². The predicted molar refractivity (Wildman–Crippen MR) is 59.2 cm³/mol. The van der Waals surface area contributed by atoms with Gasteiger partial charge in [-0.25, -0.2) is 4.98 Å². The van der Waals surface area contributed by atoms with Gasteiger partial charge in [-0.1, -0.05) is 6.92 Å². The zero-order valence-electron chi connectivity index (χ0n) is 8.86. The van der Waals surface area contributed by atoms with Gasteiger partial charge in [0.2, 0.25) is 0 Å². The molecular weight excluding hydrogens is 192 g/mol. The number of H-pyrrole nitrogens is 1. The molecular formula is C10H16N4O. The van der Waals surface area contributed by atoms with Gasteiger partial charge >= 0.3 is 0 Å². The summed E-state index contributed by atoms with van der Waals surface area (Å²) in [6, 6.07) is 2.05. The third-order valence-corrected chi connectivity index (χ3v) is 2.62. The Kier molecular flexibility index (Phi) is 3.01. The summed E-state index contributed by atoms with van der Waals surface area (Å²) in [6.07, 6.45) is 2.53. The topological polar surface area (TPSA) is 61.0 Å². The minimum atomic E-state index is -0.0895. The summed E-state index contributed by atoms with van der Waals surface area (Å²) in [5.41, 5.74) is -0.0895. The molecule has 0 atom stereocenters. The van der Waals surface area contributed by atoms with Crippen LogP contribution in [0.3, 0.4) is 0 Å². The summed E-state index contributed by atoms with van der Waals surface area (Å²) < 4.78 is 0. The molecule has 15 heavy (non-hydrogen) atoms. The summed E-state index contributed by atoms with van der Waals surface area (Å²) in [5, 5.41) is 3.23. The lowest BCUT2D eigenvalue weighted by Gasteiger charge is -2.38. The molecule has 1 aliphatic heterocycles. The molecule has 1 fully saturated rings. The number of hydrogen-bond donors (Lipinski definition) is 2. The van der Waals surface area contributed by atoms with Gasteiger partial charge in [0.25, 0.3) is 5.56 Å². The number of hydrogen-bond acceptors (Lipinski definition) is 4. The highest BCUT2D eigenvalue weighted by Crippen LogP contribution is 2.14. The fourth-order valence-electron chi connectivity index (χ4n) is 1.73. The van der Waals surface area contributed by atoms with E-state index in [2.05, 4.69) is 27.1 Å². The molecule has 0 aliphatic carbocycles. The van der Waals surface area contributed by atoms with Crippen molar-refractivity contribution in [2.75, 3.05) is 24.5 Å². The second kappa shape index (κ2) is 4.44. The first-order valence-corrected chi connectivity index (χ1v) is 5.33. The van der Waals surface area contributed by atoms with Gasteiger partial charge < -0.3 is 15.2 Å². The minimum Gasteiger partial charge on any atom is -0.351 e. The van der Waals surface area contributed by atoms with Crippen molar-refractivity contribution in [3.63, 3.8) is 0 Å². The van der Waals surface area contributed by atoms with Gasteiger partial charge in [0.05, 0.1) is 12.4 Å². The molecule has 0 bridgehead atoms. The first-order valence-electron chi connectivity index (χ1n) is 5.33. The average Bonchev–Trinajstić information content (AvgIpc) is 2.14. The van der Waals surface area contributed by atoms with E-state index in [1.54, 1.807) is 6.07 Å². The molecule has 0 aromatic carbocycles. The summed E-state index contributed by atoms with van der Waals surface area (Å²) >= 11 is 0. The van der Waals surface area contributed by atoms with Crippen LogP contribution in [-0.4, -0.2) is 35.6 Å². The molecule has 0 spiro atoms. The first-order chi connectivity index (χ1) is 7.31. The van der Waals surface area contributed by atoms with Gasteiger partial charge in [0.1, 0.15) is 5.82 Å². The van der Waals surface area contributed by atoms with Crippen LogP contribution in [0.4, 0.5) is 5.82 Å². The molecule has 82 valence electrons. The van der Waals surface area contributed by atoms with Crippen molar-refractivity contribution in [3.05, 3.63) is 22.7 Å². The highest BCUT2D eigenvalue weighted by molar-refractivity contribution is 5.39. The Morgan fingerprint density at radius 2 is 2.40 bits per heavy atom. The molecule has 1 saturated heterocycles. The monoisotopic (exact) mass is 208 g/mol. The zero-order chi connectivity index (χ0) is 10.7. The lowest BCUT2D eigenvalue weighted by Crippen LogP contribution is -2.58. The molecule has 5 heteroatoms. The maximum Gasteiger partial charge on any atom is 0.252 e. The number of aromatic nitrogens is 2. The Labute approximate surface area is 88.5 Å². The Morgan fingerprint density at radius 1 is 1.60 bits per heavy atom. The second-order valence-corrected chi connectivity index (χ2v) is 3.77. The number of rotatable bonds is 4. The first kappa shape index (κ1) is 10.2. The van der Waals surface area contributed by atoms with Crippen molar-refractivity contribution in [3.8, 4) is 0 Å². The molecule has 1 aromatic heterocycles. The van der Waals surface area contributed by atoms with E-state index in [1.165, 1.54) is 6.33 Å². The van der Waals surface area contributed by atoms with Crippen LogP contribution in [0.1, 0.15) is 13.3 Å². The van der Waals surface area contributed by atoms with Crippen LogP contribution in [0, 0.1) is 0 Å². The van der Waals surface area contributed by atoms with Crippen molar-refractivity contribution >= 4 is 5.82 Å². The van der Waals surface area contributed by atoms with Crippen molar-refractivity contribution < 1.29 is 0 Å². The molecule has 2 rings (SSSR count). The summed E-state index contributed by atoms with van der Waals surface area (Å²) in [4.78, 5) is 20.1. The van der Waals surface area contributed by atoms with Crippen LogP contribution in [0.5, 0.6) is 0 Å². The largest absolute Gasteiger partial charge is 0.351 e. The molecule has 2 N–H and O–H groups in total. The van der Waals surface area contributed by atoms with Crippen LogP contribution in [0.15, 0.2) is 17.2 Å². The maximum atomic E-state index is 11.2. The molecule has 2 heterocycles. The SMILES string of the molecule is CCCN(c1cc(=O)[nH]cn1)C1CNC1. The van der Waals surface area contributed by atoms with Crippen LogP contribution < -0.4 is 15.8 Å². The van der Waals surface area contributed by atoms with Gasteiger partial charge in [-0.3, -0.25) is 4.79 Å². The fraction of sp³-hybridized carbons (Fsp3) is 0.600. The van der Waals surface area contributed by atoms with E-state index in [1.807, 2.05) is 0 Å². The van der Waals surface area contributed by atoms with E-state index < -0.39 is 0 Å². The third-order valence-electron chi connectivity index (χ3n) is 2.62. The van der Waals surface area contributed by atoms with E-state index in [9.17, 15) is 4.79 Å². The van der Waals surface area contributed by atoms with E-state index in [0.717, 1.165) is 31.9 Å². The van der Waals surface area contributed by atoms with E-state index >= 15 is 0 Å². The Hall–Kier alpha value is -1.36. The van der Waals surface area contributed by atoms with Gasteiger partial charge in [0, 0.05) is 25.7 Å². The van der Waals surface area contributed by atoms with E-state index in [4.69, 9.17) is 0 Å². The van der Waals surface area contributed by atoms with Crippen LogP contribution in [-0.2, 0) is 0 Å². The van der Waals surface area contributed by atoms with Gasteiger partial charge in [-0.15, -0.1) is 0 Å². The number of nitrogens with zero attached hydrogens (tertiary/aromatic N) is 2. The number of aromatic amines is 1. The molecule has 0 amide bonds. The van der Waals surface area contributed by atoms with Gasteiger partial charge in [-0.2, -0.15) is 0 Å². The highest BCUT2D eigenvalue weighted by atomic mass is 16.1. The summed E-state index contributed by atoms with van der Waals surface area (Å²) in [7, 11) is 0. The standard InChI is InChI=1S/C10H16N4O/c1-2-3-14(8-5-11-6-8)9-4-10(15)13-7-12-9/h4,7-8,11H,2-3,5-6H2,1H3,(H,12,13,15). The smallest absolute Gasteiger partial charge is 0.252 e. The van der Waals surface area contributed by atoms with Gasteiger partial charge in [0.15, 0.2) is 0 Å². The molecule has 1 aromatic rings. The van der Waals surface area contributed by atoms with Crippen LogP contribution >= 0.6 is 0 Å². The van der Waals surface area contributed by atoms with Crippen molar-refractivity contribution in [1.82, 2.24) is 15.3 Å². The van der Waals surface area contributed by atoms with E-state index in [-0.39, 0.29) is 5.56 Å². The lowest BCUT2D eigenvalue weighted by molar-refractivity contribution is 0.410.